The van der Waals surface area contributed by atoms with E-state index in [0.29, 0.717) is 0 Å². The molecule has 5 nitrogen and oxygen atoms in total. The molecule has 1 fully saturated rings. The normalized spacial score (nSPS) is 13.9. The Balaban J connectivity index is 0.00000204. The number of aromatic nitrogens is 3. The molecule has 4 rings (SSSR count). The highest BCUT2D eigenvalue weighted by molar-refractivity contribution is 7.99. The highest BCUT2D eigenvalue weighted by atomic mass is 35.5. The molecule has 2 aromatic heterocycles. The van der Waals surface area contributed by atoms with E-state index in [2.05, 4.69) is 68.1 Å². The number of halogens is 3. The van der Waals surface area contributed by atoms with Gasteiger partial charge in [0.25, 0.3) is 0 Å². The largest absolute Gasteiger partial charge is 0.301 e. The van der Waals surface area contributed by atoms with Crippen molar-refractivity contribution in [1.82, 2.24) is 24.8 Å². The van der Waals surface area contributed by atoms with Crippen molar-refractivity contribution in [2.45, 2.75) is 35.7 Å². The number of thioether (sulfide) groups is 2. The van der Waals surface area contributed by atoms with E-state index in [1.165, 1.54) is 42.1 Å². The summed E-state index contributed by atoms with van der Waals surface area (Å²) in [5.74, 6) is 1.95. The van der Waals surface area contributed by atoms with E-state index in [0.717, 1.165) is 42.0 Å². The van der Waals surface area contributed by atoms with Crippen molar-refractivity contribution in [3.05, 3.63) is 77.9 Å². The molecule has 10 heteroatoms. The Labute approximate surface area is 236 Å². The van der Waals surface area contributed by atoms with Crippen molar-refractivity contribution >= 4 is 60.7 Å². The lowest BCUT2D eigenvalue weighted by Gasteiger charge is -2.34. The molecule has 1 saturated heterocycles. The van der Waals surface area contributed by atoms with Crippen LogP contribution in [0.4, 0.5) is 0 Å². The molecular formula is C25H34Cl3N5S2. The van der Waals surface area contributed by atoms with E-state index in [4.69, 9.17) is 0 Å². The molecule has 192 valence electrons. The lowest BCUT2D eigenvalue weighted by molar-refractivity contribution is 0.127. The molecule has 3 aromatic rings. The first-order valence-electron chi connectivity index (χ1n) is 11.2. The van der Waals surface area contributed by atoms with Gasteiger partial charge in [0.05, 0.1) is 5.69 Å². The molecule has 1 aliphatic rings. The number of hydrogen-bond donors (Lipinski definition) is 0. The van der Waals surface area contributed by atoms with E-state index in [1.54, 1.807) is 24.2 Å². The van der Waals surface area contributed by atoms with Crippen LogP contribution in [0.2, 0.25) is 0 Å². The second-order valence-electron chi connectivity index (χ2n) is 8.01. The van der Waals surface area contributed by atoms with Crippen LogP contribution in [-0.4, -0.2) is 63.2 Å². The molecule has 0 amide bonds. The van der Waals surface area contributed by atoms with Crippen molar-refractivity contribution < 1.29 is 0 Å². The second kappa shape index (κ2) is 17.4. The smallest absolute Gasteiger partial charge is 0.187 e. The van der Waals surface area contributed by atoms with Gasteiger partial charge in [0.2, 0.25) is 0 Å². The Morgan fingerprint density at radius 1 is 0.771 bits per heavy atom. The van der Waals surface area contributed by atoms with Crippen LogP contribution in [0.1, 0.15) is 23.2 Å². The summed E-state index contributed by atoms with van der Waals surface area (Å²) in [5.41, 5.74) is 3.83. The van der Waals surface area contributed by atoms with Gasteiger partial charge in [-0.2, -0.15) is 0 Å². The van der Waals surface area contributed by atoms with Crippen molar-refractivity contribution in [2.24, 2.45) is 0 Å². The summed E-state index contributed by atoms with van der Waals surface area (Å²) in [6, 6.07) is 14.8. The van der Waals surface area contributed by atoms with Crippen molar-refractivity contribution in [3.63, 3.8) is 0 Å². The average Bonchev–Trinajstić information content (AvgIpc) is 2.84. The molecule has 0 unspecified atom stereocenters. The van der Waals surface area contributed by atoms with Crippen LogP contribution in [0.3, 0.4) is 0 Å². The van der Waals surface area contributed by atoms with Crippen LogP contribution in [-0.2, 0) is 12.3 Å². The van der Waals surface area contributed by atoms with Gasteiger partial charge in [0.1, 0.15) is 0 Å². The minimum Gasteiger partial charge on any atom is -0.301 e. The fourth-order valence-electron chi connectivity index (χ4n) is 3.84. The van der Waals surface area contributed by atoms with E-state index in [9.17, 15) is 0 Å². The maximum absolute atomic E-state index is 4.59. The van der Waals surface area contributed by atoms with Gasteiger partial charge in [-0.1, -0.05) is 42.1 Å². The molecule has 0 spiro atoms. The number of benzene rings is 1. The van der Waals surface area contributed by atoms with Gasteiger partial charge in [-0.25, -0.2) is 9.97 Å². The molecular weight excluding hydrogens is 541 g/mol. The van der Waals surface area contributed by atoms with Crippen LogP contribution in [0.25, 0.3) is 0 Å². The third-order valence-electron chi connectivity index (χ3n) is 5.73. The van der Waals surface area contributed by atoms with Crippen LogP contribution in [0.15, 0.2) is 71.1 Å². The molecule has 1 aliphatic heterocycles. The first-order chi connectivity index (χ1) is 15.8. The molecule has 0 bridgehead atoms. The van der Waals surface area contributed by atoms with Crippen molar-refractivity contribution in [3.8, 4) is 0 Å². The molecule has 0 atom stereocenters. The maximum Gasteiger partial charge on any atom is 0.187 e. The van der Waals surface area contributed by atoms with Crippen LogP contribution < -0.4 is 0 Å². The first-order valence-corrected chi connectivity index (χ1v) is 13.2. The zero-order valence-electron chi connectivity index (χ0n) is 19.9. The summed E-state index contributed by atoms with van der Waals surface area (Å²) in [6.07, 6.45) is 6.71. The fraction of sp³-hybridized carbons (Fsp3) is 0.400. The highest BCUT2D eigenvalue weighted by Crippen LogP contribution is 2.27. The SMILES string of the molecule is Cc1c(SCCCN2CCN(Cc3ccccc3)CC2)ccnc1CSc1ncccn1.Cl.Cl.Cl. The summed E-state index contributed by atoms with van der Waals surface area (Å²) >= 11 is 3.60. The summed E-state index contributed by atoms with van der Waals surface area (Å²) in [7, 11) is 0. The van der Waals surface area contributed by atoms with E-state index in [1.807, 2.05) is 24.0 Å². The van der Waals surface area contributed by atoms with Gasteiger partial charge in [0, 0.05) is 62.0 Å². The molecule has 0 radical (unpaired) electrons. The second-order valence-corrected chi connectivity index (χ2v) is 10.1. The van der Waals surface area contributed by atoms with Gasteiger partial charge in [-0.15, -0.1) is 49.0 Å². The monoisotopic (exact) mass is 573 g/mol. The summed E-state index contributed by atoms with van der Waals surface area (Å²) in [5, 5.41) is 0.802. The summed E-state index contributed by atoms with van der Waals surface area (Å²) in [4.78, 5) is 19.7. The predicted octanol–water partition coefficient (Wildman–Crippen LogP) is 6.04. The Bertz CT molecular complexity index is 962. The van der Waals surface area contributed by atoms with E-state index < -0.39 is 0 Å². The molecule has 0 N–H and O–H groups in total. The number of nitrogens with zero attached hydrogens (tertiary/aromatic N) is 5. The number of pyridine rings is 1. The van der Waals surface area contributed by atoms with Gasteiger partial charge in [-0.05, 0) is 48.9 Å². The Kier molecular flexibility index (Phi) is 15.9. The highest BCUT2D eigenvalue weighted by Gasteiger charge is 2.16. The molecule has 35 heavy (non-hydrogen) atoms. The molecule has 3 heterocycles. The van der Waals surface area contributed by atoms with Crippen LogP contribution >= 0.6 is 60.7 Å². The number of hydrogen-bond acceptors (Lipinski definition) is 7. The van der Waals surface area contributed by atoms with Gasteiger partial charge in [0.15, 0.2) is 5.16 Å². The predicted molar refractivity (Wildman–Crippen MR) is 156 cm³/mol. The van der Waals surface area contributed by atoms with Crippen molar-refractivity contribution in [2.75, 3.05) is 38.5 Å². The zero-order valence-corrected chi connectivity index (χ0v) is 24.0. The molecule has 0 aliphatic carbocycles. The maximum atomic E-state index is 4.59. The van der Waals surface area contributed by atoms with Gasteiger partial charge < -0.3 is 4.90 Å². The fourth-order valence-corrected chi connectivity index (χ4v) is 5.65. The Morgan fingerprint density at radius 3 is 2.17 bits per heavy atom. The van der Waals surface area contributed by atoms with Crippen LogP contribution in [0.5, 0.6) is 0 Å². The lowest BCUT2D eigenvalue weighted by Crippen LogP contribution is -2.46. The minimum atomic E-state index is 0. The summed E-state index contributed by atoms with van der Waals surface area (Å²) in [6.45, 7) is 9.12. The third kappa shape index (κ3) is 10.4. The van der Waals surface area contributed by atoms with Gasteiger partial charge >= 0.3 is 0 Å². The standard InChI is InChI=1S/C25H31N5S2.3ClH/c1-21-23(20-32-25-27-10-5-11-28-25)26-12-9-24(21)31-18-6-13-29-14-16-30(17-15-29)19-22-7-3-2-4-8-22;;;/h2-5,7-12H,6,13-20H2,1H3;3*1H. The van der Waals surface area contributed by atoms with E-state index >= 15 is 0 Å². The number of rotatable bonds is 10. The Morgan fingerprint density at radius 2 is 1.46 bits per heavy atom. The first kappa shape index (κ1) is 32.0. The Hall–Kier alpha value is -1.06. The van der Waals surface area contributed by atoms with Crippen molar-refractivity contribution in [1.29, 1.82) is 0 Å². The van der Waals surface area contributed by atoms with Crippen LogP contribution in [0, 0.1) is 6.92 Å². The summed E-state index contributed by atoms with van der Waals surface area (Å²) < 4.78 is 0. The third-order valence-corrected chi connectivity index (χ3v) is 7.86. The quantitative estimate of drug-likeness (QED) is 0.166. The topological polar surface area (TPSA) is 45.2 Å². The average molecular weight is 575 g/mol. The van der Waals surface area contributed by atoms with E-state index in [-0.39, 0.29) is 37.2 Å². The lowest BCUT2D eigenvalue weighted by atomic mass is 10.2. The van der Waals surface area contributed by atoms with Gasteiger partial charge in [-0.3, -0.25) is 9.88 Å². The molecule has 1 aromatic carbocycles. The zero-order chi connectivity index (χ0) is 22.0. The molecule has 0 saturated carbocycles. The minimum absolute atomic E-state index is 0. The number of piperazine rings is 1.